The lowest BCUT2D eigenvalue weighted by Gasteiger charge is -2.49. The van der Waals surface area contributed by atoms with Crippen molar-refractivity contribution >= 4 is 58.8 Å². The predicted octanol–water partition coefficient (Wildman–Crippen LogP) is 1.30. The number of carboxylic acids is 1. The first-order valence-electron chi connectivity index (χ1n) is 12.3. The van der Waals surface area contributed by atoms with Crippen molar-refractivity contribution in [3.63, 3.8) is 0 Å². The Morgan fingerprint density at radius 3 is 2.73 bits per heavy atom. The normalized spacial score (nSPS) is 18.7. The van der Waals surface area contributed by atoms with E-state index in [0.717, 1.165) is 11.1 Å². The molecule has 2 unspecified atom stereocenters. The second kappa shape index (κ2) is 12.7. The number of carboxylic acid groups (broad SMARTS) is 1. The molecule has 15 heteroatoms. The van der Waals surface area contributed by atoms with Crippen LogP contribution in [0.3, 0.4) is 0 Å². The SMILES string of the molecule is CCON=C(C)C(=O)NC1C(=O)N2C(C(=O)O)=C(C[n+]3ccc(-c4c[nH]c(/C=C(\Cl)C(=O)NC#N)c4)cc3)CSC12. The zero-order valence-electron chi connectivity index (χ0n) is 21.9. The Hall–Kier alpha value is -4.61. The fourth-order valence-electron chi connectivity index (χ4n) is 4.20. The van der Waals surface area contributed by atoms with Gasteiger partial charge in [0.1, 0.15) is 34.5 Å². The Balaban J connectivity index is 1.46. The number of rotatable bonds is 10. The smallest absolute Gasteiger partial charge is 0.352 e. The van der Waals surface area contributed by atoms with Crippen molar-refractivity contribution in [2.45, 2.75) is 31.8 Å². The van der Waals surface area contributed by atoms with Crippen molar-refractivity contribution in [1.82, 2.24) is 20.5 Å². The number of carbonyl (C=O) groups excluding carboxylic acids is 3. The number of aliphatic carboxylic acids is 1. The summed E-state index contributed by atoms with van der Waals surface area (Å²) in [5.74, 6) is -2.63. The second-order valence-electron chi connectivity index (χ2n) is 8.87. The molecule has 2 atom stereocenters. The molecule has 1 saturated heterocycles. The third-order valence-corrected chi connectivity index (χ3v) is 7.79. The number of amides is 3. The van der Waals surface area contributed by atoms with E-state index in [-0.39, 0.29) is 23.0 Å². The third kappa shape index (κ3) is 6.42. The van der Waals surface area contributed by atoms with Gasteiger partial charge in [0.25, 0.3) is 17.7 Å². The molecule has 2 aromatic rings. The van der Waals surface area contributed by atoms with Gasteiger partial charge in [-0.25, -0.2) is 9.36 Å². The molecular weight excluding hydrogens is 574 g/mol. The van der Waals surface area contributed by atoms with E-state index < -0.39 is 35.1 Å². The fraction of sp³-hybridized carbons (Fsp3) is 0.269. The van der Waals surface area contributed by atoms with E-state index in [2.05, 4.69) is 15.5 Å². The molecule has 41 heavy (non-hydrogen) atoms. The van der Waals surface area contributed by atoms with E-state index >= 15 is 0 Å². The summed E-state index contributed by atoms with van der Waals surface area (Å²) in [7, 11) is 0. The predicted molar refractivity (Wildman–Crippen MR) is 148 cm³/mol. The maximum Gasteiger partial charge on any atom is 0.352 e. The zero-order chi connectivity index (χ0) is 29.7. The lowest BCUT2D eigenvalue weighted by Crippen LogP contribution is -2.71. The van der Waals surface area contributed by atoms with Gasteiger partial charge in [0.15, 0.2) is 25.1 Å². The third-order valence-electron chi connectivity index (χ3n) is 6.17. The summed E-state index contributed by atoms with van der Waals surface area (Å²) in [6.07, 6.45) is 8.23. The maximum absolute atomic E-state index is 12.9. The number of thioether (sulfide) groups is 1. The Labute approximate surface area is 243 Å². The van der Waals surface area contributed by atoms with Gasteiger partial charge in [-0.2, -0.15) is 5.26 Å². The topological polar surface area (TPSA) is 181 Å². The van der Waals surface area contributed by atoms with Crippen LogP contribution in [0.5, 0.6) is 0 Å². The number of β-lactam (4-membered cyclic amide) rings is 1. The van der Waals surface area contributed by atoms with Crippen molar-refractivity contribution in [2.24, 2.45) is 5.16 Å². The second-order valence-corrected chi connectivity index (χ2v) is 10.4. The Bertz CT molecular complexity index is 1530. The molecule has 0 spiro atoms. The number of aromatic nitrogens is 2. The average Bonchev–Trinajstić information content (AvgIpc) is 3.42. The molecule has 4 N–H and O–H groups in total. The van der Waals surface area contributed by atoms with Gasteiger partial charge in [0.2, 0.25) is 0 Å². The van der Waals surface area contributed by atoms with E-state index in [1.807, 2.05) is 17.4 Å². The van der Waals surface area contributed by atoms with Gasteiger partial charge in [-0.3, -0.25) is 24.6 Å². The number of halogens is 1. The van der Waals surface area contributed by atoms with Crippen LogP contribution in [-0.2, 0) is 30.6 Å². The number of fused-ring (bicyclic) bond motifs is 1. The molecule has 1 fully saturated rings. The summed E-state index contributed by atoms with van der Waals surface area (Å²) in [6, 6.07) is 4.60. The number of hydrogen-bond donors (Lipinski definition) is 4. The zero-order valence-corrected chi connectivity index (χ0v) is 23.5. The molecule has 212 valence electrons. The first-order chi connectivity index (χ1) is 19.6. The number of hydrogen-bond acceptors (Lipinski definition) is 8. The highest BCUT2D eigenvalue weighted by Crippen LogP contribution is 2.40. The van der Waals surface area contributed by atoms with Gasteiger partial charge in [0.05, 0.1) is 0 Å². The minimum absolute atomic E-state index is 0.0626. The van der Waals surface area contributed by atoms with Crippen molar-refractivity contribution in [2.75, 3.05) is 12.4 Å². The molecule has 3 amide bonds. The number of aromatic amines is 1. The summed E-state index contributed by atoms with van der Waals surface area (Å²) < 4.78 is 1.80. The molecule has 2 aromatic heterocycles. The van der Waals surface area contributed by atoms with Crippen LogP contribution in [0.2, 0.25) is 0 Å². The van der Waals surface area contributed by atoms with Crippen molar-refractivity contribution in [1.29, 1.82) is 5.26 Å². The van der Waals surface area contributed by atoms with E-state index in [4.69, 9.17) is 21.7 Å². The summed E-state index contributed by atoms with van der Waals surface area (Å²) in [4.78, 5) is 58.2. The van der Waals surface area contributed by atoms with Gasteiger partial charge in [-0.05, 0) is 31.6 Å². The fourth-order valence-corrected chi connectivity index (χ4v) is 5.70. The van der Waals surface area contributed by atoms with Gasteiger partial charge < -0.3 is 20.2 Å². The maximum atomic E-state index is 12.9. The van der Waals surface area contributed by atoms with E-state index in [0.29, 0.717) is 23.6 Å². The largest absolute Gasteiger partial charge is 0.477 e. The monoisotopic (exact) mass is 598 g/mol. The molecule has 0 bridgehead atoms. The van der Waals surface area contributed by atoms with E-state index in [9.17, 15) is 24.3 Å². The molecule has 0 aliphatic carbocycles. The van der Waals surface area contributed by atoms with Crippen molar-refractivity contribution in [3.8, 4) is 17.3 Å². The number of oxime groups is 1. The van der Waals surface area contributed by atoms with Crippen LogP contribution in [-0.4, -0.2) is 68.2 Å². The van der Waals surface area contributed by atoms with Crippen LogP contribution in [0, 0.1) is 11.5 Å². The number of nitrogens with zero attached hydrogens (tertiary/aromatic N) is 4. The molecular formula is C26H25ClN7O6S+. The highest BCUT2D eigenvalue weighted by molar-refractivity contribution is 8.00. The van der Waals surface area contributed by atoms with Gasteiger partial charge in [-0.1, -0.05) is 16.8 Å². The molecule has 2 aliphatic heterocycles. The minimum Gasteiger partial charge on any atom is -0.477 e. The summed E-state index contributed by atoms with van der Waals surface area (Å²) in [5.41, 5.74) is 2.76. The lowest BCUT2D eigenvalue weighted by atomic mass is 10.0. The van der Waals surface area contributed by atoms with Crippen LogP contribution < -0.4 is 15.2 Å². The van der Waals surface area contributed by atoms with Crippen LogP contribution in [0.4, 0.5) is 0 Å². The first kappa shape index (κ1) is 29.4. The summed E-state index contributed by atoms with van der Waals surface area (Å²) >= 11 is 7.29. The van der Waals surface area contributed by atoms with Crippen LogP contribution in [0.15, 0.2) is 58.2 Å². The van der Waals surface area contributed by atoms with Crippen LogP contribution in [0.25, 0.3) is 17.2 Å². The molecule has 2 aliphatic rings. The number of pyridine rings is 1. The molecule has 0 radical (unpaired) electrons. The Morgan fingerprint density at radius 1 is 1.34 bits per heavy atom. The average molecular weight is 599 g/mol. The highest BCUT2D eigenvalue weighted by atomic mass is 35.5. The summed E-state index contributed by atoms with van der Waals surface area (Å²) in [6.45, 7) is 3.72. The van der Waals surface area contributed by atoms with Gasteiger partial charge >= 0.3 is 5.97 Å². The van der Waals surface area contributed by atoms with E-state index in [1.165, 1.54) is 35.9 Å². The van der Waals surface area contributed by atoms with Gasteiger partial charge in [-0.15, -0.1) is 11.8 Å². The molecule has 4 rings (SSSR count). The molecule has 0 saturated carbocycles. The summed E-state index contributed by atoms with van der Waals surface area (Å²) in [5, 5.41) is 26.0. The Kier molecular flexibility index (Phi) is 9.10. The van der Waals surface area contributed by atoms with Crippen LogP contribution in [0.1, 0.15) is 19.5 Å². The van der Waals surface area contributed by atoms with Gasteiger partial charge in [0, 0.05) is 40.9 Å². The molecule has 0 aromatic carbocycles. The van der Waals surface area contributed by atoms with Crippen molar-refractivity contribution in [3.05, 3.63) is 58.8 Å². The van der Waals surface area contributed by atoms with E-state index in [1.54, 1.807) is 36.1 Å². The number of carbonyl (C=O) groups is 4. The number of H-pyrrole nitrogens is 1. The molecule has 13 nitrogen and oxygen atoms in total. The molecule has 4 heterocycles. The van der Waals surface area contributed by atoms with Crippen molar-refractivity contribution < 1.29 is 33.7 Å². The Morgan fingerprint density at radius 2 is 2.07 bits per heavy atom. The van der Waals surface area contributed by atoms with Crippen LogP contribution >= 0.6 is 23.4 Å². The standard InChI is InChI=1S/C26H24ClN7O6S/c1-3-40-32-14(2)22(35)31-20-24(37)34-21(26(38)39)17(12-41-25(20)34)11-33-6-4-15(5-7-33)16-8-18(29-10-16)9-19(27)23(36)30-13-28/h4-10,20,25H,3,11-12H2,1-2H3,(H3,30,31,35,36,38,39)/p+1/b19-9-,32-14?. The number of nitrogens with one attached hydrogen (secondary N) is 3. The first-order valence-corrected chi connectivity index (χ1v) is 13.7. The lowest BCUT2D eigenvalue weighted by molar-refractivity contribution is -0.689. The highest BCUT2D eigenvalue weighted by Gasteiger charge is 2.54. The quantitative estimate of drug-likeness (QED) is 0.0600. The number of nitriles is 1. The minimum atomic E-state index is -1.22.